The van der Waals surface area contributed by atoms with Gasteiger partial charge in [0.05, 0.1) is 23.5 Å². The van der Waals surface area contributed by atoms with Crippen LogP contribution in [-0.4, -0.2) is 69.3 Å². The van der Waals surface area contributed by atoms with E-state index in [0.29, 0.717) is 29.9 Å². The number of H-pyrrole nitrogens is 1. The highest BCUT2D eigenvalue weighted by atomic mass is 19.1. The van der Waals surface area contributed by atoms with E-state index < -0.39 is 0 Å². The quantitative estimate of drug-likeness (QED) is 0.593. The van der Waals surface area contributed by atoms with Crippen molar-refractivity contribution in [3.63, 3.8) is 0 Å². The van der Waals surface area contributed by atoms with Crippen molar-refractivity contribution in [3.05, 3.63) is 42.2 Å². The average Bonchev–Trinajstić information content (AvgIpc) is 3.27. The lowest BCUT2D eigenvalue weighted by Crippen LogP contribution is -2.38. The van der Waals surface area contributed by atoms with Gasteiger partial charge in [-0.25, -0.2) is 19.3 Å². The summed E-state index contributed by atoms with van der Waals surface area (Å²) in [4.78, 5) is 20.0. The molecule has 2 atom stereocenters. The zero-order valence-corrected chi connectivity index (χ0v) is 15.9. The molecule has 0 saturated carbocycles. The Morgan fingerprint density at radius 3 is 3.00 bits per heavy atom. The molecule has 148 valence electrons. The number of benzene rings is 1. The Labute approximate surface area is 162 Å². The molecule has 1 fully saturated rings. The summed E-state index contributed by atoms with van der Waals surface area (Å²) in [6, 6.07) is 5.13. The van der Waals surface area contributed by atoms with Crippen molar-refractivity contribution in [3.8, 4) is 0 Å². The number of hydrogen-bond donors (Lipinski definition) is 3. The van der Waals surface area contributed by atoms with Gasteiger partial charge in [-0.2, -0.15) is 0 Å². The van der Waals surface area contributed by atoms with Crippen LogP contribution in [0.4, 0.5) is 16.0 Å². The van der Waals surface area contributed by atoms with Crippen molar-refractivity contribution in [1.82, 2.24) is 24.8 Å². The Morgan fingerprint density at radius 2 is 2.18 bits per heavy atom. The van der Waals surface area contributed by atoms with Crippen LogP contribution in [0.15, 0.2) is 30.9 Å². The number of rotatable bonds is 6. The van der Waals surface area contributed by atoms with E-state index in [2.05, 4.69) is 35.1 Å². The fourth-order valence-corrected chi connectivity index (χ4v) is 3.76. The van der Waals surface area contributed by atoms with Crippen molar-refractivity contribution in [2.45, 2.75) is 25.1 Å². The number of aliphatic hydroxyl groups excluding tert-OH is 1. The minimum absolute atomic E-state index is 0.183. The maximum atomic E-state index is 14.3. The summed E-state index contributed by atoms with van der Waals surface area (Å²) in [5, 5.41) is 13.3. The number of halogens is 1. The predicted octanol–water partition coefficient (Wildman–Crippen LogP) is 1.61. The highest BCUT2D eigenvalue weighted by molar-refractivity contribution is 5.78. The molecule has 4 rings (SSSR count). The molecule has 0 amide bonds. The first-order valence-electron chi connectivity index (χ1n) is 9.27. The molecule has 28 heavy (non-hydrogen) atoms. The van der Waals surface area contributed by atoms with Gasteiger partial charge in [0.15, 0.2) is 0 Å². The number of imidazole rings is 1. The molecule has 3 aromatic rings. The third-order valence-corrected chi connectivity index (χ3v) is 5.00. The third kappa shape index (κ3) is 3.76. The van der Waals surface area contributed by atoms with Gasteiger partial charge in [-0.1, -0.05) is 0 Å². The third-order valence-electron chi connectivity index (χ3n) is 5.00. The first kappa shape index (κ1) is 18.6. The number of β-amino-alcohol motifs (C(OH)–C–C–N with tert-alkyl or cyclic N) is 1. The second-order valence-corrected chi connectivity index (χ2v) is 7.40. The number of anilines is 2. The summed E-state index contributed by atoms with van der Waals surface area (Å²) in [5.74, 6) is 1.04. The number of nitrogens with one attached hydrogen (secondary N) is 2. The summed E-state index contributed by atoms with van der Waals surface area (Å²) < 4.78 is 14.3. The number of hydrogen-bond acceptors (Lipinski definition) is 7. The van der Waals surface area contributed by atoms with Crippen LogP contribution in [0.5, 0.6) is 0 Å². The molecule has 0 aliphatic carbocycles. The molecule has 0 unspecified atom stereocenters. The van der Waals surface area contributed by atoms with Crippen molar-refractivity contribution < 1.29 is 9.50 Å². The SMILES string of the molecule is CN(C)C[C@H]1C[C@@H](O)CN1c1cc(NCc2c(F)ccc3[nH]cnc23)ncn1. The van der Waals surface area contributed by atoms with Gasteiger partial charge in [-0.15, -0.1) is 0 Å². The number of likely N-dealkylation sites (N-methyl/N-ethyl adjacent to an activating group) is 1. The van der Waals surface area contributed by atoms with E-state index in [-0.39, 0.29) is 24.5 Å². The first-order valence-corrected chi connectivity index (χ1v) is 9.27. The maximum Gasteiger partial charge on any atom is 0.134 e. The average molecular weight is 385 g/mol. The van der Waals surface area contributed by atoms with Crippen LogP contribution >= 0.6 is 0 Å². The molecule has 9 heteroatoms. The van der Waals surface area contributed by atoms with Gasteiger partial charge < -0.3 is 25.2 Å². The summed E-state index contributed by atoms with van der Waals surface area (Å²) in [5.41, 5.74) is 1.88. The van der Waals surface area contributed by atoms with Crippen molar-refractivity contribution in [1.29, 1.82) is 0 Å². The molecular formula is C19H24FN7O. The van der Waals surface area contributed by atoms with Crippen LogP contribution in [0.25, 0.3) is 11.0 Å². The molecule has 0 bridgehead atoms. The molecule has 1 saturated heterocycles. The molecule has 8 nitrogen and oxygen atoms in total. The zero-order chi connectivity index (χ0) is 19.7. The highest BCUT2D eigenvalue weighted by Crippen LogP contribution is 2.26. The molecule has 0 spiro atoms. The summed E-state index contributed by atoms with van der Waals surface area (Å²) >= 11 is 0. The Morgan fingerprint density at radius 1 is 1.32 bits per heavy atom. The zero-order valence-electron chi connectivity index (χ0n) is 15.9. The number of nitrogens with zero attached hydrogens (tertiary/aromatic N) is 5. The topological polar surface area (TPSA) is 93.2 Å². The second-order valence-electron chi connectivity index (χ2n) is 7.40. The van der Waals surface area contributed by atoms with Gasteiger partial charge in [0.2, 0.25) is 0 Å². The molecule has 3 heterocycles. The van der Waals surface area contributed by atoms with E-state index in [0.717, 1.165) is 17.9 Å². The Bertz CT molecular complexity index is 960. The second kappa shape index (κ2) is 7.69. The largest absolute Gasteiger partial charge is 0.391 e. The monoisotopic (exact) mass is 385 g/mol. The normalized spacial score (nSPS) is 19.7. The maximum absolute atomic E-state index is 14.3. The van der Waals surface area contributed by atoms with Gasteiger partial charge in [0.1, 0.15) is 23.8 Å². The standard InChI is InChI=1S/C19H24FN7O/c1-26(2)8-12-5-13(28)9-27(12)18-6-17(23-11-24-18)21-7-14-15(20)3-4-16-19(14)25-10-22-16/h3-4,6,10-13,28H,5,7-9H2,1-2H3,(H,22,25)(H,21,23,24)/t12-,13-/m1/s1. The highest BCUT2D eigenvalue weighted by Gasteiger charge is 2.32. The van der Waals surface area contributed by atoms with Crippen LogP contribution in [0.2, 0.25) is 0 Å². The van der Waals surface area contributed by atoms with Crippen LogP contribution < -0.4 is 10.2 Å². The van der Waals surface area contributed by atoms with Crippen molar-refractivity contribution >= 4 is 22.7 Å². The van der Waals surface area contributed by atoms with Crippen molar-refractivity contribution in [2.75, 3.05) is 37.4 Å². The lowest BCUT2D eigenvalue weighted by atomic mass is 10.1. The summed E-state index contributed by atoms with van der Waals surface area (Å²) in [6.45, 7) is 1.63. The molecule has 1 aliphatic heterocycles. The number of aromatic nitrogens is 4. The van der Waals surface area contributed by atoms with Crippen LogP contribution in [-0.2, 0) is 6.54 Å². The Balaban J connectivity index is 1.52. The van der Waals surface area contributed by atoms with E-state index in [9.17, 15) is 9.50 Å². The van der Waals surface area contributed by atoms with E-state index in [1.807, 2.05) is 20.2 Å². The molecule has 2 aromatic heterocycles. The molecule has 0 radical (unpaired) electrons. The van der Waals surface area contributed by atoms with E-state index in [4.69, 9.17) is 0 Å². The minimum Gasteiger partial charge on any atom is -0.391 e. The lowest BCUT2D eigenvalue weighted by molar-refractivity contribution is 0.191. The van der Waals surface area contributed by atoms with Gasteiger partial charge in [-0.05, 0) is 32.6 Å². The Hall–Kier alpha value is -2.78. The van der Waals surface area contributed by atoms with Crippen LogP contribution in [0.1, 0.15) is 12.0 Å². The molecular weight excluding hydrogens is 361 g/mol. The number of aliphatic hydroxyl groups is 1. The van der Waals surface area contributed by atoms with Gasteiger partial charge in [0, 0.05) is 37.3 Å². The fraction of sp³-hybridized carbons (Fsp3) is 0.421. The minimum atomic E-state index is -0.373. The first-order chi connectivity index (χ1) is 13.5. The van der Waals surface area contributed by atoms with Gasteiger partial charge in [0.25, 0.3) is 0 Å². The van der Waals surface area contributed by atoms with E-state index >= 15 is 0 Å². The van der Waals surface area contributed by atoms with Gasteiger partial charge in [-0.3, -0.25) is 0 Å². The number of fused-ring (bicyclic) bond motifs is 1. The van der Waals surface area contributed by atoms with Crippen LogP contribution in [0.3, 0.4) is 0 Å². The fourth-order valence-electron chi connectivity index (χ4n) is 3.76. The lowest BCUT2D eigenvalue weighted by Gasteiger charge is -2.27. The predicted molar refractivity (Wildman–Crippen MR) is 106 cm³/mol. The molecule has 1 aliphatic rings. The van der Waals surface area contributed by atoms with E-state index in [1.165, 1.54) is 12.4 Å². The van der Waals surface area contributed by atoms with E-state index in [1.54, 1.807) is 12.4 Å². The van der Waals surface area contributed by atoms with Crippen LogP contribution in [0, 0.1) is 5.82 Å². The molecule has 1 aromatic carbocycles. The van der Waals surface area contributed by atoms with Gasteiger partial charge >= 0.3 is 0 Å². The smallest absolute Gasteiger partial charge is 0.134 e. The van der Waals surface area contributed by atoms with Crippen molar-refractivity contribution in [2.24, 2.45) is 0 Å². The number of aromatic amines is 1. The summed E-state index contributed by atoms with van der Waals surface area (Å²) in [6.07, 6.45) is 3.38. The molecule has 3 N–H and O–H groups in total. The summed E-state index contributed by atoms with van der Waals surface area (Å²) in [7, 11) is 4.03. The Kier molecular flexibility index (Phi) is 5.10.